The minimum absolute atomic E-state index is 0.0590. The molecule has 1 aromatic rings. The second-order valence-electron chi connectivity index (χ2n) is 3.57. The van der Waals surface area contributed by atoms with Gasteiger partial charge in [0.05, 0.1) is 12.5 Å². The molecule has 0 radical (unpaired) electrons. The summed E-state index contributed by atoms with van der Waals surface area (Å²) >= 11 is 1.66. The Hall–Kier alpha value is -0.940. The van der Waals surface area contributed by atoms with Gasteiger partial charge in [0, 0.05) is 21.2 Å². The van der Waals surface area contributed by atoms with E-state index in [9.17, 15) is 10.1 Å². The number of nitro groups is 1. The van der Waals surface area contributed by atoms with Crippen LogP contribution in [0.5, 0.6) is 0 Å². The zero-order valence-corrected chi connectivity index (χ0v) is 8.71. The highest BCUT2D eigenvalue weighted by Gasteiger charge is 2.37. The number of aryl methyl sites for hydroxylation is 1. The Bertz CT molecular complexity index is 350. The van der Waals surface area contributed by atoms with E-state index in [-0.39, 0.29) is 10.8 Å². The molecule has 0 spiro atoms. The third-order valence-electron chi connectivity index (χ3n) is 2.58. The Labute approximate surface area is 86.1 Å². The number of hydrogen-bond acceptors (Lipinski definition) is 4. The molecule has 1 N–H and O–H groups in total. The predicted molar refractivity (Wildman–Crippen MR) is 55.4 cm³/mol. The smallest absolute Gasteiger partial charge is 0.234 e. The molecule has 4 nitrogen and oxygen atoms in total. The molecule has 2 heterocycles. The maximum atomic E-state index is 10.8. The average Bonchev–Trinajstić information content (AvgIpc) is 2.70. The zero-order valence-electron chi connectivity index (χ0n) is 7.90. The van der Waals surface area contributed by atoms with Gasteiger partial charge in [0.1, 0.15) is 0 Å². The number of nitrogens with zero attached hydrogens (tertiary/aromatic N) is 1. The topological polar surface area (TPSA) is 55.2 Å². The van der Waals surface area contributed by atoms with E-state index >= 15 is 0 Å². The number of rotatable bonds is 2. The first-order valence-corrected chi connectivity index (χ1v) is 5.40. The van der Waals surface area contributed by atoms with Crippen LogP contribution in [0.3, 0.4) is 0 Å². The van der Waals surface area contributed by atoms with E-state index < -0.39 is 6.04 Å². The molecule has 0 aliphatic carbocycles. The van der Waals surface area contributed by atoms with E-state index in [4.69, 9.17) is 0 Å². The lowest BCUT2D eigenvalue weighted by molar-refractivity contribution is -0.520. The molecule has 0 amide bonds. The third kappa shape index (κ3) is 1.65. The minimum Gasteiger partial charge on any atom is -0.310 e. The monoisotopic (exact) mass is 212 g/mol. The van der Waals surface area contributed by atoms with Crippen LogP contribution in [0.25, 0.3) is 0 Å². The summed E-state index contributed by atoms with van der Waals surface area (Å²) in [5.74, 6) is 0.0590. The zero-order chi connectivity index (χ0) is 10.1. The lowest BCUT2D eigenvalue weighted by atomic mass is 10.0. The standard InChI is InChI=1S/C9H12N2O2S/c1-6-2-3-9(14-6)7-4-10-5-8(7)11(12)13/h2-3,7-8,10H,4-5H2,1H3. The van der Waals surface area contributed by atoms with E-state index in [1.807, 2.05) is 19.1 Å². The lowest BCUT2D eigenvalue weighted by Gasteiger charge is -2.08. The second kappa shape index (κ2) is 3.67. The second-order valence-corrected chi connectivity index (χ2v) is 4.89. The van der Waals surface area contributed by atoms with Gasteiger partial charge in [-0.3, -0.25) is 10.1 Å². The van der Waals surface area contributed by atoms with Crippen LogP contribution in [0, 0.1) is 17.0 Å². The molecule has 0 aromatic carbocycles. The highest BCUT2D eigenvalue weighted by Crippen LogP contribution is 2.30. The molecule has 1 saturated heterocycles. The average molecular weight is 212 g/mol. The highest BCUT2D eigenvalue weighted by atomic mass is 32.1. The molecule has 1 fully saturated rings. The van der Waals surface area contributed by atoms with Crippen molar-refractivity contribution in [2.75, 3.05) is 13.1 Å². The normalized spacial score (nSPS) is 26.6. The maximum Gasteiger partial charge on any atom is 0.234 e. The number of hydrogen-bond donors (Lipinski definition) is 1. The molecule has 2 rings (SSSR count). The quantitative estimate of drug-likeness (QED) is 0.595. The minimum atomic E-state index is -0.451. The summed E-state index contributed by atoms with van der Waals surface area (Å²) in [6.45, 7) is 3.25. The van der Waals surface area contributed by atoms with Crippen LogP contribution in [-0.2, 0) is 0 Å². The third-order valence-corrected chi connectivity index (χ3v) is 3.71. The van der Waals surface area contributed by atoms with Crippen molar-refractivity contribution in [2.45, 2.75) is 18.9 Å². The van der Waals surface area contributed by atoms with Gasteiger partial charge in [-0.05, 0) is 19.1 Å². The summed E-state index contributed by atoms with van der Waals surface area (Å²) in [5.41, 5.74) is 0. The predicted octanol–water partition coefficient (Wildman–Crippen LogP) is 1.39. The van der Waals surface area contributed by atoms with E-state index in [1.165, 1.54) is 4.88 Å². The molecule has 2 atom stereocenters. The van der Waals surface area contributed by atoms with Crippen molar-refractivity contribution < 1.29 is 4.92 Å². The van der Waals surface area contributed by atoms with E-state index in [2.05, 4.69) is 5.32 Å². The maximum absolute atomic E-state index is 10.8. The highest BCUT2D eigenvalue weighted by molar-refractivity contribution is 7.12. The molecule has 1 aromatic heterocycles. The molecular formula is C9H12N2O2S. The molecule has 2 unspecified atom stereocenters. The fourth-order valence-electron chi connectivity index (χ4n) is 1.83. The van der Waals surface area contributed by atoms with Crippen molar-refractivity contribution in [3.63, 3.8) is 0 Å². The van der Waals surface area contributed by atoms with E-state index in [0.29, 0.717) is 6.54 Å². The Morgan fingerprint density at radius 2 is 2.36 bits per heavy atom. The fraction of sp³-hybridized carbons (Fsp3) is 0.556. The Kier molecular flexibility index (Phi) is 2.52. The largest absolute Gasteiger partial charge is 0.310 e. The van der Waals surface area contributed by atoms with Gasteiger partial charge in [-0.25, -0.2) is 0 Å². The molecule has 1 aliphatic rings. The Balaban J connectivity index is 2.21. The lowest BCUT2D eigenvalue weighted by Crippen LogP contribution is -2.26. The first kappa shape index (κ1) is 9.61. The van der Waals surface area contributed by atoms with Crippen molar-refractivity contribution in [1.29, 1.82) is 0 Å². The summed E-state index contributed by atoms with van der Waals surface area (Å²) in [7, 11) is 0. The molecule has 0 bridgehead atoms. The first-order valence-electron chi connectivity index (χ1n) is 4.59. The van der Waals surface area contributed by atoms with E-state index in [0.717, 1.165) is 11.4 Å². The summed E-state index contributed by atoms with van der Waals surface area (Å²) < 4.78 is 0. The van der Waals surface area contributed by atoms with Gasteiger partial charge in [0.2, 0.25) is 6.04 Å². The number of nitrogens with one attached hydrogen (secondary N) is 1. The fourth-order valence-corrected chi connectivity index (χ4v) is 2.87. The Morgan fingerprint density at radius 3 is 2.93 bits per heavy atom. The van der Waals surface area contributed by atoms with Gasteiger partial charge >= 0.3 is 0 Å². The van der Waals surface area contributed by atoms with Crippen LogP contribution in [0.2, 0.25) is 0 Å². The molecule has 14 heavy (non-hydrogen) atoms. The van der Waals surface area contributed by atoms with Gasteiger partial charge in [0.15, 0.2) is 0 Å². The van der Waals surface area contributed by atoms with Gasteiger partial charge in [-0.1, -0.05) is 0 Å². The van der Waals surface area contributed by atoms with Crippen molar-refractivity contribution >= 4 is 11.3 Å². The van der Waals surface area contributed by atoms with Gasteiger partial charge in [0.25, 0.3) is 0 Å². The molecule has 5 heteroatoms. The van der Waals surface area contributed by atoms with Crippen molar-refractivity contribution in [3.05, 3.63) is 32.0 Å². The van der Waals surface area contributed by atoms with Gasteiger partial charge in [-0.15, -0.1) is 11.3 Å². The van der Waals surface area contributed by atoms with Gasteiger partial charge in [-0.2, -0.15) is 0 Å². The van der Waals surface area contributed by atoms with Crippen LogP contribution in [0.4, 0.5) is 0 Å². The number of thiophene rings is 1. The summed E-state index contributed by atoms with van der Waals surface area (Å²) in [4.78, 5) is 12.9. The van der Waals surface area contributed by atoms with Crippen molar-refractivity contribution in [1.82, 2.24) is 5.32 Å². The van der Waals surface area contributed by atoms with Crippen LogP contribution >= 0.6 is 11.3 Å². The summed E-state index contributed by atoms with van der Waals surface area (Å²) in [6, 6.07) is 3.58. The Morgan fingerprint density at radius 1 is 1.57 bits per heavy atom. The molecule has 76 valence electrons. The molecule has 0 saturated carbocycles. The molecular weight excluding hydrogens is 200 g/mol. The summed E-state index contributed by atoms with van der Waals surface area (Å²) in [5, 5.41) is 13.8. The van der Waals surface area contributed by atoms with Gasteiger partial charge < -0.3 is 5.32 Å². The summed E-state index contributed by atoms with van der Waals surface area (Å²) in [6.07, 6.45) is 0. The van der Waals surface area contributed by atoms with Crippen molar-refractivity contribution in [2.24, 2.45) is 0 Å². The van der Waals surface area contributed by atoms with Crippen LogP contribution < -0.4 is 5.32 Å². The van der Waals surface area contributed by atoms with Crippen LogP contribution in [0.1, 0.15) is 15.7 Å². The SMILES string of the molecule is Cc1ccc(C2CNCC2[N+](=O)[O-])s1. The van der Waals surface area contributed by atoms with E-state index in [1.54, 1.807) is 11.3 Å². The van der Waals surface area contributed by atoms with Crippen LogP contribution in [-0.4, -0.2) is 24.1 Å². The molecule has 1 aliphatic heterocycles. The van der Waals surface area contributed by atoms with Crippen LogP contribution in [0.15, 0.2) is 12.1 Å². The van der Waals surface area contributed by atoms with Crippen molar-refractivity contribution in [3.8, 4) is 0 Å². The first-order chi connectivity index (χ1) is 6.68.